The van der Waals surface area contributed by atoms with E-state index < -0.39 is 7.25 Å². The van der Waals surface area contributed by atoms with Gasteiger partial charge >= 0.3 is 7.25 Å². The zero-order valence-electron chi connectivity index (χ0n) is 6.15. The van der Waals surface area contributed by atoms with Crippen molar-refractivity contribution in [2.45, 2.75) is 13.8 Å². The van der Waals surface area contributed by atoms with E-state index in [1.165, 1.54) is 0 Å². The van der Waals surface area contributed by atoms with Gasteiger partial charge in [0.05, 0.1) is 0 Å². The zero-order chi connectivity index (χ0) is 7.82. The van der Waals surface area contributed by atoms with Gasteiger partial charge in [-0.2, -0.15) is 0 Å². The minimum absolute atomic E-state index is 0.476. The van der Waals surface area contributed by atoms with Gasteiger partial charge in [0.1, 0.15) is 0 Å². The van der Waals surface area contributed by atoms with Gasteiger partial charge in [-0.15, -0.1) is 0 Å². The average molecular weight is 143 g/mol. The quantitative estimate of drug-likeness (QED) is 0.252. The molecule has 0 heterocycles. The largest absolute Gasteiger partial charge is 0.548 e. The minimum atomic E-state index is -0.764. The maximum atomic E-state index is 7.99. The van der Waals surface area contributed by atoms with E-state index in [2.05, 4.69) is 9.94 Å². The van der Waals surface area contributed by atoms with Gasteiger partial charge in [-0.05, 0) is 24.3 Å². The van der Waals surface area contributed by atoms with Crippen molar-refractivity contribution in [3.8, 4) is 0 Å². The molecule has 0 aliphatic rings. The summed E-state index contributed by atoms with van der Waals surface area (Å²) >= 11 is 0. The zero-order valence-corrected chi connectivity index (χ0v) is 6.15. The highest BCUT2D eigenvalue weighted by Gasteiger charge is 2.12. The molecule has 0 rings (SSSR count). The Morgan fingerprint density at radius 1 is 1.40 bits per heavy atom. The van der Waals surface area contributed by atoms with Crippen molar-refractivity contribution in [3.05, 3.63) is 10.4 Å². The molecule has 10 heavy (non-hydrogen) atoms. The highest BCUT2D eigenvalue weighted by molar-refractivity contribution is 6.41. The van der Waals surface area contributed by atoms with E-state index in [0.29, 0.717) is 13.2 Å². The lowest BCUT2D eigenvalue weighted by molar-refractivity contribution is 0.215. The third-order valence-electron chi connectivity index (χ3n) is 0.764. The van der Waals surface area contributed by atoms with Crippen LogP contribution in [-0.4, -0.2) is 20.5 Å². The average Bonchev–Trinajstić information content (AvgIpc) is 1.90. The summed E-state index contributed by atoms with van der Waals surface area (Å²) in [4.78, 5) is 2.55. The Labute approximate surface area is 60.1 Å². The van der Waals surface area contributed by atoms with E-state index in [4.69, 9.17) is 14.8 Å². The highest BCUT2D eigenvalue weighted by atomic mass is 16.6. The summed E-state index contributed by atoms with van der Waals surface area (Å²) < 4.78 is 9.76. The Bertz CT molecular complexity index is 120. The molecule has 0 N–H and O–H groups in total. The second-order valence-electron chi connectivity index (χ2n) is 1.42. The fraction of sp³-hybridized carbons (Fsp3) is 1.00. The van der Waals surface area contributed by atoms with Crippen molar-refractivity contribution in [2.75, 3.05) is 13.2 Å². The van der Waals surface area contributed by atoms with Gasteiger partial charge in [0.2, 0.25) is 0 Å². The monoisotopic (exact) mass is 143 g/mol. The van der Waals surface area contributed by atoms with Crippen LogP contribution in [0.15, 0.2) is 5.03 Å². The van der Waals surface area contributed by atoms with Gasteiger partial charge < -0.3 is 9.31 Å². The van der Waals surface area contributed by atoms with Crippen LogP contribution in [0.3, 0.4) is 0 Å². The molecule has 0 aliphatic carbocycles. The molecule has 0 aliphatic heterocycles. The summed E-state index contributed by atoms with van der Waals surface area (Å²) in [7, 11) is -0.764. The number of nitrogens with zero attached hydrogens (tertiary/aromatic N) is 3. The van der Waals surface area contributed by atoms with Crippen molar-refractivity contribution < 1.29 is 9.31 Å². The molecule has 0 saturated carbocycles. The second-order valence-corrected chi connectivity index (χ2v) is 1.42. The lowest BCUT2D eigenvalue weighted by atomic mass is 10.2. The van der Waals surface area contributed by atoms with Gasteiger partial charge in [0.25, 0.3) is 0 Å². The van der Waals surface area contributed by atoms with E-state index in [9.17, 15) is 0 Å². The molecule has 0 aromatic rings. The van der Waals surface area contributed by atoms with Crippen LogP contribution >= 0.6 is 0 Å². The van der Waals surface area contributed by atoms with Gasteiger partial charge in [-0.3, -0.25) is 0 Å². The molecule has 0 unspecified atom stereocenters. The van der Waals surface area contributed by atoms with Crippen molar-refractivity contribution in [1.82, 2.24) is 0 Å². The normalized spacial score (nSPS) is 8.60. The predicted octanol–water partition coefficient (Wildman–Crippen LogP) is 1.35. The fourth-order valence-corrected chi connectivity index (χ4v) is 0.442. The summed E-state index contributed by atoms with van der Waals surface area (Å²) in [5.41, 5.74) is 7.99. The molecule has 0 saturated heterocycles. The van der Waals surface area contributed by atoms with Gasteiger partial charge in [0.15, 0.2) is 0 Å². The highest BCUT2D eigenvalue weighted by Crippen LogP contribution is 1.90. The lowest BCUT2D eigenvalue weighted by Gasteiger charge is -2.04. The number of hydrogen-bond donors (Lipinski definition) is 0. The Morgan fingerprint density at radius 2 is 1.90 bits per heavy atom. The summed E-state index contributed by atoms with van der Waals surface area (Å²) in [5, 5.41) is 3.24. The Hall–Kier alpha value is -0.705. The first-order valence-corrected chi connectivity index (χ1v) is 3.12. The summed E-state index contributed by atoms with van der Waals surface area (Å²) in [6.45, 7) is 4.56. The third kappa shape index (κ3) is 4.20. The molecule has 0 fully saturated rings. The van der Waals surface area contributed by atoms with Gasteiger partial charge in [-0.25, -0.2) is 0 Å². The van der Waals surface area contributed by atoms with E-state index >= 15 is 0 Å². The maximum Gasteiger partial charge on any atom is 0.548 e. The predicted molar refractivity (Wildman–Crippen MR) is 38.2 cm³/mol. The molecular formula is C4H10BN3O2. The third-order valence-corrected chi connectivity index (χ3v) is 0.764. The summed E-state index contributed by atoms with van der Waals surface area (Å²) in [6, 6.07) is 0. The number of rotatable bonds is 5. The first-order chi connectivity index (χ1) is 4.85. The molecule has 0 spiro atoms. The second kappa shape index (κ2) is 6.42. The summed E-state index contributed by atoms with van der Waals surface area (Å²) in [5.74, 6) is 0. The van der Waals surface area contributed by atoms with Crippen molar-refractivity contribution in [1.29, 1.82) is 0 Å². The van der Waals surface area contributed by atoms with Crippen molar-refractivity contribution >= 4 is 7.25 Å². The van der Waals surface area contributed by atoms with E-state index in [0.717, 1.165) is 0 Å². The first-order valence-electron chi connectivity index (χ1n) is 3.12. The van der Waals surface area contributed by atoms with E-state index in [1.54, 1.807) is 13.8 Å². The van der Waals surface area contributed by atoms with Crippen LogP contribution in [0.2, 0.25) is 0 Å². The standard InChI is InChI=1S/C4H10BN3O2/c1-3-9-5(7-8-6)10-4-2/h3-4H2,1-2H3. The molecule has 5 nitrogen and oxygen atoms in total. The summed E-state index contributed by atoms with van der Waals surface area (Å²) in [6.07, 6.45) is 0. The maximum absolute atomic E-state index is 7.99. The van der Waals surface area contributed by atoms with Crippen molar-refractivity contribution in [2.24, 2.45) is 5.03 Å². The molecule has 0 amide bonds. The molecule has 0 bridgehead atoms. The molecule has 0 aromatic heterocycles. The van der Waals surface area contributed by atoms with Crippen LogP contribution in [-0.2, 0) is 9.31 Å². The topological polar surface area (TPSA) is 67.2 Å². The minimum Gasteiger partial charge on any atom is -0.408 e. The SMILES string of the molecule is CCOB(N=[N+]=[N-])OCC. The lowest BCUT2D eigenvalue weighted by Crippen LogP contribution is -2.19. The van der Waals surface area contributed by atoms with E-state index in [1.807, 2.05) is 0 Å². The number of azide groups is 1. The first kappa shape index (κ1) is 9.29. The Balaban J connectivity index is 3.60. The molecule has 6 heteroatoms. The fourth-order valence-electron chi connectivity index (χ4n) is 0.442. The molecule has 0 radical (unpaired) electrons. The Morgan fingerprint density at radius 3 is 2.20 bits per heavy atom. The molecule has 0 aromatic carbocycles. The van der Waals surface area contributed by atoms with Crippen LogP contribution in [0.25, 0.3) is 10.4 Å². The van der Waals surface area contributed by atoms with Crippen LogP contribution < -0.4 is 0 Å². The molecule has 56 valence electrons. The van der Waals surface area contributed by atoms with Crippen LogP contribution in [0, 0.1) is 0 Å². The van der Waals surface area contributed by atoms with Crippen LogP contribution in [0.4, 0.5) is 0 Å². The smallest absolute Gasteiger partial charge is 0.408 e. The Kier molecular flexibility index (Phi) is 5.96. The van der Waals surface area contributed by atoms with E-state index in [-0.39, 0.29) is 0 Å². The van der Waals surface area contributed by atoms with Crippen molar-refractivity contribution in [3.63, 3.8) is 0 Å². The number of hydrogen-bond acceptors (Lipinski definition) is 3. The molecule has 0 atom stereocenters. The molecular weight excluding hydrogens is 133 g/mol. The van der Waals surface area contributed by atoms with Crippen LogP contribution in [0.5, 0.6) is 0 Å². The van der Waals surface area contributed by atoms with Gasteiger partial charge in [-0.1, -0.05) is 5.03 Å². The van der Waals surface area contributed by atoms with Crippen LogP contribution in [0.1, 0.15) is 13.8 Å². The van der Waals surface area contributed by atoms with Gasteiger partial charge in [0, 0.05) is 13.2 Å².